The summed E-state index contributed by atoms with van der Waals surface area (Å²) < 4.78 is 6.74. The number of halogens is 1. The van der Waals surface area contributed by atoms with Gasteiger partial charge in [-0.15, -0.1) is 24.0 Å². The number of benzene rings is 1. The molecule has 0 spiro atoms. The van der Waals surface area contributed by atoms with Crippen LogP contribution in [0, 0.1) is 0 Å². The van der Waals surface area contributed by atoms with Crippen LogP contribution in [0.1, 0.15) is 19.8 Å². The molecule has 0 aliphatic carbocycles. The zero-order valence-corrected chi connectivity index (χ0v) is 21.0. The van der Waals surface area contributed by atoms with E-state index in [0.717, 1.165) is 55.6 Å². The second-order valence-electron chi connectivity index (χ2n) is 7.46. The number of nitrogens with zero attached hydrogens (tertiary/aromatic N) is 4. The predicted molar refractivity (Wildman–Crippen MR) is 137 cm³/mol. The van der Waals surface area contributed by atoms with Gasteiger partial charge in [-0.2, -0.15) is 0 Å². The highest BCUT2D eigenvalue weighted by molar-refractivity contribution is 14.0. The van der Waals surface area contributed by atoms with E-state index in [0.29, 0.717) is 26.2 Å². The maximum atomic E-state index is 12.5. The molecule has 3 heterocycles. The van der Waals surface area contributed by atoms with Gasteiger partial charge in [-0.25, -0.2) is 4.98 Å². The third-order valence-electron chi connectivity index (χ3n) is 5.37. The molecule has 1 atom stereocenters. The molecule has 0 saturated carbocycles. The maximum Gasteiger partial charge on any atom is 0.251 e. The number of hydrogen-bond acceptors (Lipinski definition) is 6. The van der Waals surface area contributed by atoms with Gasteiger partial charge in [0.25, 0.3) is 5.91 Å². The van der Waals surface area contributed by atoms with Crippen LogP contribution in [0.4, 0.5) is 5.13 Å². The summed E-state index contributed by atoms with van der Waals surface area (Å²) in [7, 11) is 0. The molecule has 0 bridgehead atoms. The topological polar surface area (TPSA) is 82.1 Å². The number of piperazine rings is 1. The number of carbonyl (C=O) groups is 1. The molecule has 8 nitrogen and oxygen atoms in total. The first kappa shape index (κ1) is 24.0. The fraction of sp³-hybridized carbons (Fsp3) is 0.571. The number of para-hydroxylation sites is 1. The lowest BCUT2D eigenvalue weighted by Gasteiger charge is -2.37. The normalized spacial score (nSPS) is 19.4. The van der Waals surface area contributed by atoms with Crippen molar-refractivity contribution in [1.82, 2.24) is 20.1 Å². The van der Waals surface area contributed by atoms with Crippen LogP contribution in [0.25, 0.3) is 10.2 Å². The molecule has 4 rings (SSSR count). The summed E-state index contributed by atoms with van der Waals surface area (Å²) in [6, 6.07) is 8.16. The van der Waals surface area contributed by atoms with Crippen LogP contribution in [-0.4, -0.2) is 85.2 Å². The third-order valence-corrected chi connectivity index (χ3v) is 6.37. The van der Waals surface area contributed by atoms with Crippen LogP contribution in [0.5, 0.6) is 0 Å². The Morgan fingerprint density at radius 2 is 2.03 bits per heavy atom. The quantitative estimate of drug-likeness (QED) is 0.246. The highest BCUT2D eigenvalue weighted by Crippen LogP contribution is 2.25. The first-order chi connectivity index (χ1) is 14.7. The van der Waals surface area contributed by atoms with Crippen LogP contribution >= 0.6 is 35.3 Å². The number of rotatable bonds is 6. The largest absolute Gasteiger partial charge is 0.368 e. The zero-order valence-electron chi connectivity index (χ0n) is 17.9. The lowest BCUT2D eigenvalue weighted by molar-refractivity contribution is -0.142. The molecule has 2 saturated heterocycles. The average Bonchev–Trinajstić information content (AvgIpc) is 3.45. The van der Waals surface area contributed by atoms with Gasteiger partial charge in [0.15, 0.2) is 11.1 Å². The fourth-order valence-electron chi connectivity index (χ4n) is 3.81. The van der Waals surface area contributed by atoms with E-state index >= 15 is 0 Å². The second kappa shape index (κ2) is 11.8. The van der Waals surface area contributed by atoms with Crippen molar-refractivity contribution < 1.29 is 9.53 Å². The van der Waals surface area contributed by atoms with Crippen LogP contribution < -0.4 is 10.6 Å². The van der Waals surface area contributed by atoms with E-state index in [1.54, 1.807) is 11.3 Å². The number of aromatic nitrogens is 1. The van der Waals surface area contributed by atoms with Crippen molar-refractivity contribution in [1.29, 1.82) is 0 Å². The van der Waals surface area contributed by atoms with Gasteiger partial charge in [-0.05, 0) is 31.9 Å². The van der Waals surface area contributed by atoms with E-state index in [9.17, 15) is 4.79 Å². The molecule has 2 aliphatic rings. The summed E-state index contributed by atoms with van der Waals surface area (Å²) in [6.45, 7) is 7.99. The van der Waals surface area contributed by atoms with Crippen LogP contribution in [0.2, 0.25) is 0 Å². The van der Waals surface area contributed by atoms with E-state index in [2.05, 4.69) is 33.5 Å². The number of nitrogens with one attached hydrogen (secondary N) is 2. The Hall–Kier alpha value is -1.66. The van der Waals surface area contributed by atoms with Gasteiger partial charge < -0.3 is 25.2 Å². The molecule has 170 valence electrons. The molecule has 2 N–H and O–H groups in total. The average molecular weight is 558 g/mol. The zero-order chi connectivity index (χ0) is 20.8. The van der Waals surface area contributed by atoms with Crippen molar-refractivity contribution in [2.24, 2.45) is 4.99 Å². The fourth-order valence-corrected chi connectivity index (χ4v) is 4.70. The van der Waals surface area contributed by atoms with Gasteiger partial charge in [0.05, 0.1) is 16.8 Å². The van der Waals surface area contributed by atoms with Crippen LogP contribution in [-0.2, 0) is 9.53 Å². The predicted octanol–water partition coefficient (Wildman–Crippen LogP) is 2.61. The number of ether oxygens (including phenoxy) is 1. The van der Waals surface area contributed by atoms with Gasteiger partial charge >= 0.3 is 0 Å². The van der Waals surface area contributed by atoms with Gasteiger partial charge in [-0.3, -0.25) is 9.79 Å². The minimum absolute atomic E-state index is 0. The first-order valence-electron chi connectivity index (χ1n) is 10.8. The summed E-state index contributed by atoms with van der Waals surface area (Å²) in [4.78, 5) is 26.1. The van der Waals surface area contributed by atoms with E-state index in [1.807, 2.05) is 23.1 Å². The van der Waals surface area contributed by atoms with Gasteiger partial charge in [0.1, 0.15) is 6.10 Å². The van der Waals surface area contributed by atoms with Gasteiger partial charge in [-0.1, -0.05) is 23.5 Å². The molecule has 2 aromatic rings. The molecular formula is C21H31IN6O2S. The SMILES string of the molecule is CCNC(=NCCNc1nc2ccccc2s1)N1CCN(C(=O)C2CCCO2)CC1.I. The summed E-state index contributed by atoms with van der Waals surface area (Å²) in [6.07, 6.45) is 1.61. The number of carbonyl (C=O) groups excluding carboxylic acids is 1. The number of amides is 1. The first-order valence-corrected chi connectivity index (χ1v) is 11.6. The van der Waals surface area contributed by atoms with Crippen molar-refractivity contribution in [3.8, 4) is 0 Å². The van der Waals surface area contributed by atoms with Crippen molar-refractivity contribution in [3.05, 3.63) is 24.3 Å². The minimum Gasteiger partial charge on any atom is -0.368 e. The Balaban J connectivity index is 0.00000272. The molecule has 1 amide bonds. The number of hydrogen-bond donors (Lipinski definition) is 2. The van der Waals surface area contributed by atoms with Gasteiger partial charge in [0.2, 0.25) is 0 Å². The summed E-state index contributed by atoms with van der Waals surface area (Å²) in [5.41, 5.74) is 1.03. The van der Waals surface area contributed by atoms with Crippen molar-refractivity contribution in [2.75, 3.05) is 57.7 Å². The summed E-state index contributed by atoms with van der Waals surface area (Å²) >= 11 is 1.66. The Labute approximate surface area is 204 Å². The van der Waals surface area contributed by atoms with E-state index in [-0.39, 0.29) is 36.0 Å². The van der Waals surface area contributed by atoms with Crippen molar-refractivity contribution in [2.45, 2.75) is 25.9 Å². The molecule has 10 heteroatoms. The molecule has 0 radical (unpaired) electrons. The highest BCUT2D eigenvalue weighted by atomic mass is 127. The number of anilines is 1. The number of aliphatic imine (C=N–C) groups is 1. The van der Waals surface area contributed by atoms with E-state index in [1.165, 1.54) is 4.70 Å². The monoisotopic (exact) mass is 558 g/mol. The molecule has 1 aromatic heterocycles. The van der Waals surface area contributed by atoms with Gasteiger partial charge in [0, 0.05) is 45.9 Å². The molecule has 1 unspecified atom stereocenters. The van der Waals surface area contributed by atoms with E-state index < -0.39 is 0 Å². The Morgan fingerprint density at radius 3 is 2.74 bits per heavy atom. The summed E-state index contributed by atoms with van der Waals surface area (Å²) in [5, 5.41) is 7.68. The lowest BCUT2D eigenvalue weighted by atomic mass is 10.2. The standard InChI is InChI=1S/C21H30N6O2S.HI/c1-2-22-20(23-9-10-24-21-25-16-6-3-4-8-18(16)30-21)27-13-11-26(12-14-27)19(28)17-7-5-15-29-17;/h3-4,6,8,17H,2,5,7,9-15H2,1H3,(H,22,23)(H,24,25);1H. The summed E-state index contributed by atoms with van der Waals surface area (Å²) in [5.74, 6) is 1.06. The lowest BCUT2D eigenvalue weighted by Crippen LogP contribution is -2.55. The number of thiazole rings is 1. The van der Waals surface area contributed by atoms with E-state index in [4.69, 9.17) is 9.73 Å². The maximum absolute atomic E-state index is 12.5. The molecule has 31 heavy (non-hydrogen) atoms. The molecule has 2 aliphatic heterocycles. The smallest absolute Gasteiger partial charge is 0.251 e. The number of guanidine groups is 1. The second-order valence-corrected chi connectivity index (χ2v) is 8.49. The Kier molecular flexibility index (Phi) is 9.15. The third kappa shape index (κ3) is 6.19. The molecular weight excluding hydrogens is 527 g/mol. The highest BCUT2D eigenvalue weighted by Gasteiger charge is 2.30. The minimum atomic E-state index is -0.230. The molecule has 1 aromatic carbocycles. The number of fused-ring (bicyclic) bond motifs is 1. The Morgan fingerprint density at radius 1 is 1.26 bits per heavy atom. The molecule has 2 fully saturated rings. The Bertz CT molecular complexity index is 845. The van der Waals surface area contributed by atoms with Crippen LogP contribution in [0.15, 0.2) is 29.3 Å². The van der Waals surface area contributed by atoms with Crippen molar-refractivity contribution >= 4 is 62.5 Å². The van der Waals surface area contributed by atoms with Crippen LogP contribution in [0.3, 0.4) is 0 Å². The van der Waals surface area contributed by atoms with Crippen molar-refractivity contribution in [3.63, 3.8) is 0 Å².